The van der Waals surface area contributed by atoms with Crippen molar-refractivity contribution < 1.29 is 0 Å². The van der Waals surface area contributed by atoms with Crippen LogP contribution in [0.1, 0.15) is 45.7 Å². The summed E-state index contributed by atoms with van der Waals surface area (Å²) in [6.45, 7) is 10.1. The predicted molar refractivity (Wildman–Crippen MR) is 94.4 cm³/mol. The van der Waals surface area contributed by atoms with Crippen molar-refractivity contribution in [1.29, 1.82) is 0 Å². The first-order chi connectivity index (χ1) is 9.68. The second kappa shape index (κ2) is 7.82. The van der Waals surface area contributed by atoms with Gasteiger partial charge in [0.2, 0.25) is 0 Å². The van der Waals surface area contributed by atoms with Gasteiger partial charge in [-0.2, -0.15) is 0 Å². The quantitative estimate of drug-likeness (QED) is 0.788. The van der Waals surface area contributed by atoms with Crippen LogP contribution in [-0.4, -0.2) is 31.6 Å². The molecule has 1 rings (SSSR count). The highest BCUT2D eigenvalue weighted by Gasteiger charge is 2.24. The van der Waals surface area contributed by atoms with Crippen LogP contribution < -0.4 is 5.32 Å². The fourth-order valence-electron chi connectivity index (χ4n) is 2.43. The molecule has 0 aliphatic rings. The fourth-order valence-corrected chi connectivity index (χ4v) is 2.87. The van der Waals surface area contributed by atoms with E-state index in [1.807, 2.05) is 25.2 Å². The molecule has 4 heteroatoms. The maximum atomic E-state index is 6.33. The topological polar surface area (TPSA) is 15.3 Å². The maximum absolute atomic E-state index is 6.33. The smallest absolute Gasteiger partial charge is 0.0640 e. The van der Waals surface area contributed by atoms with Crippen LogP contribution in [0, 0.1) is 5.41 Å². The summed E-state index contributed by atoms with van der Waals surface area (Å²) in [5.74, 6) is 0. The zero-order chi connectivity index (χ0) is 16.2. The number of hydrogen-bond acceptors (Lipinski definition) is 2. The van der Waals surface area contributed by atoms with Crippen molar-refractivity contribution in [3.8, 4) is 0 Å². The van der Waals surface area contributed by atoms with Gasteiger partial charge in [0.1, 0.15) is 0 Å². The average Bonchev–Trinajstić information content (AvgIpc) is 2.41. The highest BCUT2D eigenvalue weighted by molar-refractivity contribution is 6.42. The van der Waals surface area contributed by atoms with E-state index in [1.54, 1.807) is 0 Å². The molecule has 0 aliphatic heterocycles. The molecule has 0 bridgehead atoms. The molecule has 0 saturated carbocycles. The second-order valence-corrected chi connectivity index (χ2v) is 7.58. The normalized spacial score (nSPS) is 15.3. The summed E-state index contributed by atoms with van der Waals surface area (Å²) >= 11 is 12.4. The van der Waals surface area contributed by atoms with E-state index in [-0.39, 0.29) is 11.5 Å². The molecule has 0 amide bonds. The van der Waals surface area contributed by atoms with Crippen molar-refractivity contribution >= 4 is 23.2 Å². The minimum absolute atomic E-state index is 0.214. The van der Waals surface area contributed by atoms with E-state index in [0.717, 1.165) is 18.5 Å². The van der Waals surface area contributed by atoms with Crippen LogP contribution >= 0.6 is 23.2 Å². The molecule has 0 spiro atoms. The largest absolute Gasteiger partial charge is 0.313 e. The van der Waals surface area contributed by atoms with Gasteiger partial charge in [-0.1, -0.05) is 56.1 Å². The Labute approximate surface area is 139 Å². The molecular formula is C17H28Cl2N2. The summed E-state index contributed by atoms with van der Waals surface area (Å²) < 4.78 is 0. The minimum atomic E-state index is 0.214. The van der Waals surface area contributed by atoms with Gasteiger partial charge in [0.15, 0.2) is 0 Å². The van der Waals surface area contributed by atoms with E-state index in [4.69, 9.17) is 23.2 Å². The van der Waals surface area contributed by atoms with Gasteiger partial charge in [-0.25, -0.2) is 0 Å². The van der Waals surface area contributed by atoms with Crippen LogP contribution in [0.5, 0.6) is 0 Å². The molecule has 0 heterocycles. The molecule has 21 heavy (non-hydrogen) atoms. The summed E-state index contributed by atoms with van der Waals surface area (Å²) in [5, 5.41) is 4.62. The molecule has 2 atom stereocenters. The second-order valence-electron chi connectivity index (χ2n) is 6.80. The Morgan fingerprint density at radius 1 is 1.24 bits per heavy atom. The van der Waals surface area contributed by atoms with Gasteiger partial charge in [0, 0.05) is 12.1 Å². The highest BCUT2D eigenvalue weighted by Crippen LogP contribution is 2.31. The Bertz CT molecular complexity index is 455. The number of nitrogens with one attached hydrogen (secondary N) is 1. The fraction of sp³-hybridized carbons (Fsp3) is 0.647. The molecule has 0 aliphatic carbocycles. The summed E-state index contributed by atoms with van der Waals surface area (Å²) in [6.07, 6.45) is 0.994. The van der Waals surface area contributed by atoms with Gasteiger partial charge in [0.05, 0.1) is 10.0 Å². The van der Waals surface area contributed by atoms with Gasteiger partial charge >= 0.3 is 0 Å². The SMILES string of the molecule is CNC(CCN(C)C(C)C(C)(C)C)c1cccc(Cl)c1Cl. The lowest BCUT2D eigenvalue weighted by Gasteiger charge is -2.36. The summed E-state index contributed by atoms with van der Waals surface area (Å²) in [4.78, 5) is 2.41. The molecule has 1 aromatic carbocycles. The molecule has 2 nitrogen and oxygen atoms in total. The summed E-state index contributed by atoms with van der Waals surface area (Å²) in [7, 11) is 4.15. The van der Waals surface area contributed by atoms with Gasteiger partial charge in [0.25, 0.3) is 0 Å². The number of rotatable bonds is 6. The van der Waals surface area contributed by atoms with Crippen molar-refractivity contribution in [2.75, 3.05) is 20.6 Å². The molecule has 2 unspecified atom stereocenters. The van der Waals surface area contributed by atoms with Crippen molar-refractivity contribution in [3.05, 3.63) is 33.8 Å². The van der Waals surface area contributed by atoms with Gasteiger partial charge in [-0.3, -0.25) is 0 Å². The van der Waals surface area contributed by atoms with E-state index >= 15 is 0 Å². The molecule has 1 N–H and O–H groups in total. The lowest BCUT2D eigenvalue weighted by Crippen LogP contribution is -2.40. The molecule has 0 radical (unpaired) electrons. The van der Waals surface area contributed by atoms with Crippen molar-refractivity contribution in [2.45, 2.75) is 46.2 Å². The van der Waals surface area contributed by atoms with Crippen molar-refractivity contribution in [2.24, 2.45) is 5.41 Å². The Morgan fingerprint density at radius 3 is 2.38 bits per heavy atom. The Morgan fingerprint density at radius 2 is 1.86 bits per heavy atom. The van der Waals surface area contributed by atoms with Gasteiger partial charge < -0.3 is 10.2 Å². The first kappa shape index (κ1) is 18.8. The zero-order valence-corrected chi connectivity index (χ0v) is 15.5. The monoisotopic (exact) mass is 330 g/mol. The van der Waals surface area contributed by atoms with Crippen LogP contribution in [0.4, 0.5) is 0 Å². The Balaban J connectivity index is 2.74. The van der Waals surface area contributed by atoms with Crippen LogP contribution in [0.15, 0.2) is 18.2 Å². The first-order valence-corrected chi connectivity index (χ1v) is 8.25. The lowest BCUT2D eigenvalue weighted by atomic mass is 9.87. The Kier molecular flexibility index (Phi) is 6.99. The van der Waals surface area contributed by atoms with Gasteiger partial charge in [-0.05, 0) is 51.0 Å². The first-order valence-electron chi connectivity index (χ1n) is 7.50. The molecule has 0 fully saturated rings. The predicted octanol–water partition coefficient (Wildman–Crippen LogP) is 5.01. The van der Waals surface area contributed by atoms with Crippen LogP contribution in [0.2, 0.25) is 10.0 Å². The average molecular weight is 331 g/mol. The molecule has 0 saturated heterocycles. The lowest BCUT2D eigenvalue weighted by molar-refractivity contribution is 0.136. The maximum Gasteiger partial charge on any atom is 0.0640 e. The van der Waals surface area contributed by atoms with Gasteiger partial charge in [-0.15, -0.1) is 0 Å². The van der Waals surface area contributed by atoms with Crippen molar-refractivity contribution in [3.63, 3.8) is 0 Å². The van der Waals surface area contributed by atoms with E-state index in [2.05, 4.69) is 45.0 Å². The van der Waals surface area contributed by atoms with Crippen LogP contribution in [0.25, 0.3) is 0 Å². The molecule has 120 valence electrons. The molecule has 0 aromatic heterocycles. The zero-order valence-electron chi connectivity index (χ0n) is 14.0. The Hall–Kier alpha value is -0.280. The number of halogens is 2. The van der Waals surface area contributed by atoms with Crippen LogP contribution in [0.3, 0.4) is 0 Å². The van der Waals surface area contributed by atoms with E-state index in [1.165, 1.54) is 0 Å². The molecular weight excluding hydrogens is 303 g/mol. The van der Waals surface area contributed by atoms with E-state index < -0.39 is 0 Å². The standard InChI is InChI=1S/C17H28Cl2N2/c1-12(17(2,3)4)21(6)11-10-15(20-5)13-8-7-9-14(18)16(13)19/h7-9,12,15,20H,10-11H2,1-6H3. The number of hydrogen-bond donors (Lipinski definition) is 1. The van der Waals surface area contributed by atoms with Crippen molar-refractivity contribution in [1.82, 2.24) is 10.2 Å². The van der Waals surface area contributed by atoms with Crippen LogP contribution in [-0.2, 0) is 0 Å². The molecule has 1 aromatic rings. The third kappa shape index (κ3) is 5.14. The summed E-state index contributed by atoms with van der Waals surface area (Å²) in [5.41, 5.74) is 1.35. The van der Waals surface area contributed by atoms with E-state index in [9.17, 15) is 0 Å². The highest BCUT2D eigenvalue weighted by atomic mass is 35.5. The number of benzene rings is 1. The van der Waals surface area contributed by atoms with E-state index in [0.29, 0.717) is 16.1 Å². The minimum Gasteiger partial charge on any atom is -0.313 e. The summed E-state index contributed by atoms with van der Waals surface area (Å²) in [6, 6.07) is 6.56. The number of nitrogens with zero attached hydrogens (tertiary/aromatic N) is 1. The third-order valence-electron chi connectivity index (χ3n) is 4.39. The third-order valence-corrected chi connectivity index (χ3v) is 5.22.